The standard InChI is InChI=1S/C16H22O4S/c1-16(19-9-10-21-16)13-7-6-12(17-2)11-14(13)20-15-5-3-4-8-18-15/h6-7,11,15H,3-5,8-10H2,1-2H3. The van der Waals surface area contributed by atoms with Crippen molar-refractivity contribution in [1.29, 1.82) is 0 Å². The van der Waals surface area contributed by atoms with E-state index in [-0.39, 0.29) is 11.2 Å². The second-order valence-electron chi connectivity index (χ2n) is 5.42. The van der Waals surface area contributed by atoms with Gasteiger partial charge in [-0.25, -0.2) is 0 Å². The molecule has 4 nitrogen and oxygen atoms in total. The molecule has 0 bridgehead atoms. The minimum Gasteiger partial charge on any atom is -0.497 e. The van der Waals surface area contributed by atoms with Crippen molar-refractivity contribution in [2.24, 2.45) is 0 Å². The fourth-order valence-corrected chi connectivity index (χ4v) is 3.77. The molecule has 0 N–H and O–H groups in total. The zero-order valence-corrected chi connectivity index (χ0v) is 13.4. The van der Waals surface area contributed by atoms with Crippen LogP contribution in [-0.2, 0) is 14.4 Å². The lowest BCUT2D eigenvalue weighted by Gasteiger charge is -2.29. The van der Waals surface area contributed by atoms with Gasteiger partial charge in [0.25, 0.3) is 0 Å². The van der Waals surface area contributed by atoms with Gasteiger partial charge in [-0.15, -0.1) is 11.8 Å². The molecule has 0 radical (unpaired) electrons. The maximum absolute atomic E-state index is 6.11. The van der Waals surface area contributed by atoms with Crippen molar-refractivity contribution >= 4 is 11.8 Å². The summed E-state index contributed by atoms with van der Waals surface area (Å²) in [6.07, 6.45) is 3.02. The van der Waals surface area contributed by atoms with Gasteiger partial charge in [0.05, 0.1) is 20.3 Å². The Morgan fingerprint density at radius 3 is 2.86 bits per heavy atom. The molecule has 2 saturated heterocycles. The van der Waals surface area contributed by atoms with Gasteiger partial charge in [-0.3, -0.25) is 0 Å². The van der Waals surface area contributed by atoms with Crippen LogP contribution in [0.5, 0.6) is 11.5 Å². The van der Waals surface area contributed by atoms with Gasteiger partial charge in [0.15, 0.2) is 6.29 Å². The van der Waals surface area contributed by atoms with E-state index in [2.05, 4.69) is 6.92 Å². The van der Waals surface area contributed by atoms with Crippen molar-refractivity contribution in [2.45, 2.75) is 37.4 Å². The molecule has 21 heavy (non-hydrogen) atoms. The third-order valence-corrected chi connectivity index (χ3v) is 5.17. The minimum atomic E-state index is -0.351. The van der Waals surface area contributed by atoms with Gasteiger partial charge in [-0.2, -0.15) is 0 Å². The van der Waals surface area contributed by atoms with Crippen molar-refractivity contribution in [3.8, 4) is 11.5 Å². The van der Waals surface area contributed by atoms with Crippen LogP contribution in [-0.4, -0.2) is 32.4 Å². The smallest absolute Gasteiger partial charge is 0.199 e. The lowest BCUT2D eigenvalue weighted by molar-refractivity contribution is -0.107. The van der Waals surface area contributed by atoms with Crippen LogP contribution >= 0.6 is 11.8 Å². The Morgan fingerprint density at radius 1 is 1.29 bits per heavy atom. The third-order valence-electron chi connectivity index (χ3n) is 3.91. The Labute approximate surface area is 130 Å². The average Bonchev–Trinajstić information content (AvgIpc) is 2.96. The normalized spacial score (nSPS) is 29.3. The molecule has 1 aromatic rings. The van der Waals surface area contributed by atoms with Crippen molar-refractivity contribution in [3.63, 3.8) is 0 Å². The van der Waals surface area contributed by atoms with Crippen molar-refractivity contribution < 1.29 is 18.9 Å². The summed E-state index contributed by atoms with van der Waals surface area (Å²) < 4.78 is 23.1. The van der Waals surface area contributed by atoms with Crippen LogP contribution < -0.4 is 9.47 Å². The summed E-state index contributed by atoms with van der Waals surface area (Å²) in [6, 6.07) is 5.92. The summed E-state index contributed by atoms with van der Waals surface area (Å²) in [4.78, 5) is -0.351. The monoisotopic (exact) mass is 310 g/mol. The maximum atomic E-state index is 6.11. The molecule has 3 rings (SSSR count). The van der Waals surface area contributed by atoms with Gasteiger partial charge in [-0.1, -0.05) is 0 Å². The highest BCUT2D eigenvalue weighted by Crippen LogP contribution is 2.46. The fraction of sp³-hybridized carbons (Fsp3) is 0.625. The van der Waals surface area contributed by atoms with Crippen LogP contribution in [0.2, 0.25) is 0 Å². The van der Waals surface area contributed by atoms with Gasteiger partial charge < -0.3 is 18.9 Å². The Morgan fingerprint density at radius 2 is 2.19 bits per heavy atom. The number of hydrogen-bond donors (Lipinski definition) is 0. The van der Waals surface area contributed by atoms with Gasteiger partial charge in [0, 0.05) is 23.8 Å². The van der Waals surface area contributed by atoms with Gasteiger partial charge in [0.1, 0.15) is 16.4 Å². The highest BCUT2D eigenvalue weighted by molar-refractivity contribution is 8.00. The van der Waals surface area contributed by atoms with Crippen molar-refractivity contribution in [3.05, 3.63) is 23.8 Å². The van der Waals surface area contributed by atoms with Crippen molar-refractivity contribution in [2.75, 3.05) is 26.1 Å². The first-order valence-electron chi connectivity index (χ1n) is 7.46. The fourth-order valence-electron chi connectivity index (χ4n) is 2.72. The lowest BCUT2D eigenvalue weighted by Crippen LogP contribution is -2.27. The molecule has 2 fully saturated rings. The Balaban J connectivity index is 1.87. The number of ether oxygens (including phenoxy) is 4. The summed E-state index contributed by atoms with van der Waals surface area (Å²) in [5.41, 5.74) is 1.06. The van der Waals surface area contributed by atoms with E-state index in [1.807, 2.05) is 18.2 Å². The van der Waals surface area contributed by atoms with Crippen LogP contribution in [0.25, 0.3) is 0 Å². The largest absolute Gasteiger partial charge is 0.497 e. The van der Waals surface area contributed by atoms with Crippen LogP contribution in [0.4, 0.5) is 0 Å². The molecule has 116 valence electrons. The second kappa shape index (κ2) is 6.46. The molecule has 0 aliphatic carbocycles. The third kappa shape index (κ3) is 3.30. The molecule has 0 aromatic heterocycles. The molecule has 2 aliphatic heterocycles. The maximum Gasteiger partial charge on any atom is 0.199 e. The predicted octanol–water partition coefficient (Wildman–Crippen LogP) is 3.54. The molecule has 0 saturated carbocycles. The van der Waals surface area contributed by atoms with E-state index in [9.17, 15) is 0 Å². The number of thioether (sulfide) groups is 1. The summed E-state index contributed by atoms with van der Waals surface area (Å²) in [5, 5.41) is 0. The Hall–Kier alpha value is -0.910. The summed E-state index contributed by atoms with van der Waals surface area (Å²) in [5.74, 6) is 2.59. The molecule has 0 amide bonds. The van der Waals surface area contributed by atoms with E-state index < -0.39 is 0 Å². The number of rotatable bonds is 4. The Bertz CT molecular complexity index is 479. The summed E-state index contributed by atoms with van der Waals surface area (Å²) in [6.45, 7) is 3.64. The van der Waals surface area contributed by atoms with E-state index in [1.54, 1.807) is 18.9 Å². The molecular weight excluding hydrogens is 288 g/mol. The lowest BCUT2D eigenvalue weighted by atomic mass is 10.1. The van der Waals surface area contributed by atoms with Gasteiger partial charge >= 0.3 is 0 Å². The quantitative estimate of drug-likeness (QED) is 0.850. The SMILES string of the molecule is COc1ccc(C2(C)OCCS2)c(OC2CCCCO2)c1. The molecule has 2 heterocycles. The molecule has 5 heteroatoms. The first-order chi connectivity index (χ1) is 10.2. The average molecular weight is 310 g/mol. The highest BCUT2D eigenvalue weighted by Gasteiger charge is 2.36. The predicted molar refractivity (Wildman–Crippen MR) is 83.0 cm³/mol. The van der Waals surface area contributed by atoms with Crippen LogP contribution in [0.3, 0.4) is 0 Å². The highest BCUT2D eigenvalue weighted by atomic mass is 32.2. The Kier molecular flexibility index (Phi) is 4.62. The molecular formula is C16H22O4S. The van der Waals surface area contributed by atoms with Gasteiger partial charge in [-0.05, 0) is 31.9 Å². The van der Waals surface area contributed by atoms with Crippen LogP contribution in [0.1, 0.15) is 31.7 Å². The topological polar surface area (TPSA) is 36.9 Å². The summed E-state index contributed by atoms with van der Waals surface area (Å²) in [7, 11) is 1.67. The van der Waals surface area contributed by atoms with Crippen LogP contribution in [0, 0.1) is 0 Å². The molecule has 1 aromatic carbocycles. The molecule has 2 atom stereocenters. The zero-order chi connectivity index (χ0) is 14.7. The van der Waals surface area contributed by atoms with E-state index in [4.69, 9.17) is 18.9 Å². The first-order valence-corrected chi connectivity index (χ1v) is 8.44. The first kappa shape index (κ1) is 15.0. The summed E-state index contributed by atoms with van der Waals surface area (Å²) >= 11 is 1.80. The van der Waals surface area contributed by atoms with E-state index >= 15 is 0 Å². The van der Waals surface area contributed by atoms with E-state index in [1.165, 1.54) is 0 Å². The number of hydrogen-bond acceptors (Lipinski definition) is 5. The molecule has 2 unspecified atom stereocenters. The molecule has 2 aliphatic rings. The van der Waals surface area contributed by atoms with E-state index in [0.717, 1.165) is 55.3 Å². The number of methoxy groups -OCH3 is 1. The number of benzene rings is 1. The minimum absolute atomic E-state index is 0.167. The van der Waals surface area contributed by atoms with Crippen LogP contribution in [0.15, 0.2) is 18.2 Å². The second-order valence-corrected chi connectivity index (χ2v) is 6.89. The van der Waals surface area contributed by atoms with Crippen molar-refractivity contribution in [1.82, 2.24) is 0 Å². The van der Waals surface area contributed by atoms with E-state index in [0.29, 0.717) is 0 Å². The zero-order valence-electron chi connectivity index (χ0n) is 12.6. The van der Waals surface area contributed by atoms with Gasteiger partial charge in [0.2, 0.25) is 0 Å². The molecule has 0 spiro atoms.